The molecule has 2 N–H and O–H groups in total. The number of nitrogens with zero attached hydrogens (tertiary/aromatic N) is 1. The number of aromatic carboxylic acids is 1. The maximum absolute atomic E-state index is 11.6. The quantitative estimate of drug-likeness (QED) is 0.830. The fourth-order valence-electron chi connectivity index (χ4n) is 1.92. The molecule has 0 aliphatic heterocycles. The van der Waals surface area contributed by atoms with Crippen molar-refractivity contribution in [3.05, 3.63) is 51.4 Å². The molecule has 0 atom stereocenters. The van der Waals surface area contributed by atoms with Crippen LogP contribution in [0, 0.1) is 6.92 Å². The number of aromatic amines is 1. The van der Waals surface area contributed by atoms with Crippen molar-refractivity contribution in [3.63, 3.8) is 0 Å². The molecule has 110 valence electrons. The first-order chi connectivity index (χ1) is 9.99. The van der Waals surface area contributed by atoms with E-state index in [4.69, 9.17) is 5.11 Å². The molecule has 1 aromatic heterocycles. The van der Waals surface area contributed by atoms with Gasteiger partial charge >= 0.3 is 5.97 Å². The molecule has 0 fully saturated rings. The maximum Gasteiger partial charge on any atom is 0.335 e. The molecule has 2 rings (SSSR count). The van der Waals surface area contributed by atoms with Crippen molar-refractivity contribution < 1.29 is 9.90 Å². The standard InChI is InChI=1S/C15H16N2O3S/c1-3-4-11-8-13(18)17-15(16-11)21-12-6-5-10(14(19)20)7-9(12)2/h5-8H,3-4H2,1-2H3,(H,19,20)(H,16,17,18). The molecular weight excluding hydrogens is 288 g/mol. The van der Waals surface area contributed by atoms with E-state index in [1.165, 1.54) is 17.8 Å². The molecule has 0 spiro atoms. The van der Waals surface area contributed by atoms with Crippen molar-refractivity contribution in [1.29, 1.82) is 0 Å². The molecule has 1 aromatic carbocycles. The van der Waals surface area contributed by atoms with Crippen molar-refractivity contribution in [2.75, 3.05) is 0 Å². The van der Waals surface area contributed by atoms with E-state index in [2.05, 4.69) is 9.97 Å². The van der Waals surface area contributed by atoms with Gasteiger partial charge in [-0.05, 0) is 37.1 Å². The number of carboxylic acids is 1. The SMILES string of the molecule is CCCc1cc(=O)[nH]c(Sc2ccc(C(=O)O)cc2C)n1. The second-order valence-corrected chi connectivity index (χ2v) is 5.71. The van der Waals surface area contributed by atoms with Gasteiger partial charge in [0.1, 0.15) is 0 Å². The van der Waals surface area contributed by atoms with E-state index in [0.29, 0.717) is 5.16 Å². The zero-order valence-electron chi connectivity index (χ0n) is 11.8. The van der Waals surface area contributed by atoms with Crippen LogP contribution in [0.4, 0.5) is 0 Å². The number of hydrogen-bond donors (Lipinski definition) is 2. The third-order valence-corrected chi connectivity index (χ3v) is 3.97. The Hall–Kier alpha value is -2.08. The summed E-state index contributed by atoms with van der Waals surface area (Å²) in [4.78, 5) is 30.5. The second-order valence-electron chi connectivity index (χ2n) is 4.68. The van der Waals surface area contributed by atoms with Crippen molar-refractivity contribution in [2.45, 2.75) is 36.7 Å². The van der Waals surface area contributed by atoms with Gasteiger partial charge in [0, 0.05) is 16.7 Å². The number of rotatable bonds is 5. The zero-order chi connectivity index (χ0) is 15.4. The molecule has 0 aliphatic rings. The Labute approximate surface area is 126 Å². The minimum Gasteiger partial charge on any atom is -0.478 e. The van der Waals surface area contributed by atoms with E-state index >= 15 is 0 Å². The monoisotopic (exact) mass is 304 g/mol. The lowest BCUT2D eigenvalue weighted by atomic mass is 10.1. The minimum absolute atomic E-state index is 0.171. The molecule has 0 bridgehead atoms. The molecule has 2 aromatic rings. The molecule has 21 heavy (non-hydrogen) atoms. The van der Waals surface area contributed by atoms with E-state index in [-0.39, 0.29) is 11.1 Å². The van der Waals surface area contributed by atoms with Gasteiger partial charge in [-0.25, -0.2) is 9.78 Å². The van der Waals surface area contributed by atoms with Gasteiger partial charge in [-0.1, -0.05) is 25.1 Å². The Kier molecular flexibility index (Phi) is 4.80. The number of benzene rings is 1. The summed E-state index contributed by atoms with van der Waals surface area (Å²) in [6, 6.07) is 6.40. The van der Waals surface area contributed by atoms with Gasteiger partial charge < -0.3 is 10.1 Å². The summed E-state index contributed by atoms with van der Waals surface area (Å²) in [6.45, 7) is 3.87. The summed E-state index contributed by atoms with van der Waals surface area (Å²) >= 11 is 1.33. The molecule has 0 saturated carbocycles. The van der Waals surface area contributed by atoms with Crippen molar-refractivity contribution in [1.82, 2.24) is 9.97 Å². The molecule has 0 radical (unpaired) electrons. The number of H-pyrrole nitrogens is 1. The highest BCUT2D eigenvalue weighted by atomic mass is 32.2. The molecule has 0 amide bonds. The summed E-state index contributed by atoms with van der Waals surface area (Å²) < 4.78 is 0. The second kappa shape index (κ2) is 6.58. The van der Waals surface area contributed by atoms with E-state index in [9.17, 15) is 9.59 Å². The third-order valence-electron chi connectivity index (χ3n) is 2.91. The molecule has 0 aliphatic carbocycles. The first-order valence-corrected chi connectivity index (χ1v) is 7.43. The van der Waals surface area contributed by atoms with Gasteiger partial charge in [-0.2, -0.15) is 0 Å². The summed E-state index contributed by atoms with van der Waals surface area (Å²) in [5.74, 6) is -0.953. The molecule has 0 unspecified atom stereocenters. The smallest absolute Gasteiger partial charge is 0.335 e. The van der Waals surface area contributed by atoms with Crippen molar-refractivity contribution >= 4 is 17.7 Å². The molecule has 6 heteroatoms. The largest absolute Gasteiger partial charge is 0.478 e. The number of carbonyl (C=O) groups is 1. The van der Waals surface area contributed by atoms with E-state index in [0.717, 1.165) is 29.0 Å². The first kappa shape index (κ1) is 15.3. The average molecular weight is 304 g/mol. The highest BCUT2D eigenvalue weighted by molar-refractivity contribution is 7.99. The predicted octanol–water partition coefficient (Wildman–Crippen LogP) is 2.88. The van der Waals surface area contributed by atoms with E-state index in [1.54, 1.807) is 18.2 Å². The number of aryl methyl sites for hydroxylation is 2. The fourth-order valence-corrected chi connectivity index (χ4v) is 2.80. The van der Waals surface area contributed by atoms with Crippen LogP contribution >= 0.6 is 11.8 Å². The molecular formula is C15H16N2O3S. The van der Waals surface area contributed by atoms with Crippen LogP contribution in [0.25, 0.3) is 0 Å². The summed E-state index contributed by atoms with van der Waals surface area (Å²) in [7, 11) is 0. The van der Waals surface area contributed by atoms with Gasteiger partial charge in [0.05, 0.1) is 5.56 Å². The highest BCUT2D eigenvalue weighted by Crippen LogP contribution is 2.28. The Morgan fingerprint density at radius 1 is 1.38 bits per heavy atom. The Morgan fingerprint density at radius 3 is 2.76 bits per heavy atom. The fraction of sp³-hybridized carbons (Fsp3) is 0.267. The Balaban J connectivity index is 2.29. The molecule has 5 nitrogen and oxygen atoms in total. The first-order valence-electron chi connectivity index (χ1n) is 6.61. The van der Waals surface area contributed by atoms with Crippen LogP contribution in [-0.2, 0) is 6.42 Å². The minimum atomic E-state index is -0.953. The molecule has 0 saturated heterocycles. The van der Waals surface area contributed by atoms with Crippen molar-refractivity contribution in [2.24, 2.45) is 0 Å². The summed E-state index contributed by atoms with van der Waals surface area (Å²) in [6.07, 6.45) is 1.68. The lowest BCUT2D eigenvalue weighted by Crippen LogP contribution is -2.09. The van der Waals surface area contributed by atoms with Gasteiger partial charge in [-0.3, -0.25) is 4.79 Å². The van der Waals surface area contributed by atoms with Crippen LogP contribution in [0.15, 0.2) is 39.1 Å². The average Bonchev–Trinajstić information content (AvgIpc) is 2.40. The summed E-state index contributed by atoms with van der Waals surface area (Å²) in [5, 5.41) is 9.48. The predicted molar refractivity (Wildman–Crippen MR) is 81.1 cm³/mol. The Bertz CT molecular complexity index is 725. The van der Waals surface area contributed by atoms with Gasteiger partial charge in [0.15, 0.2) is 5.16 Å². The Morgan fingerprint density at radius 2 is 2.14 bits per heavy atom. The third kappa shape index (κ3) is 3.95. The lowest BCUT2D eigenvalue weighted by molar-refractivity contribution is 0.0696. The van der Waals surface area contributed by atoms with Crippen LogP contribution in [0.5, 0.6) is 0 Å². The number of hydrogen-bond acceptors (Lipinski definition) is 4. The number of nitrogens with one attached hydrogen (secondary N) is 1. The van der Waals surface area contributed by atoms with Crippen LogP contribution < -0.4 is 5.56 Å². The normalized spacial score (nSPS) is 10.6. The maximum atomic E-state index is 11.6. The van der Waals surface area contributed by atoms with Gasteiger partial charge in [-0.15, -0.1) is 0 Å². The van der Waals surface area contributed by atoms with Crippen LogP contribution in [0.1, 0.15) is 35.0 Å². The van der Waals surface area contributed by atoms with Crippen LogP contribution in [-0.4, -0.2) is 21.0 Å². The number of aromatic nitrogens is 2. The van der Waals surface area contributed by atoms with E-state index in [1.807, 2.05) is 13.8 Å². The number of carboxylic acid groups (broad SMARTS) is 1. The zero-order valence-corrected chi connectivity index (χ0v) is 12.7. The van der Waals surface area contributed by atoms with Crippen LogP contribution in [0.3, 0.4) is 0 Å². The highest BCUT2D eigenvalue weighted by Gasteiger charge is 2.09. The van der Waals surface area contributed by atoms with Gasteiger partial charge in [0.25, 0.3) is 5.56 Å². The summed E-state index contributed by atoms with van der Waals surface area (Å²) in [5.41, 5.74) is 1.68. The molecule has 1 heterocycles. The topological polar surface area (TPSA) is 83.0 Å². The van der Waals surface area contributed by atoms with E-state index < -0.39 is 5.97 Å². The van der Waals surface area contributed by atoms with Gasteiger partial charge in [0.2, 0.25) is 0 Å². The van der Waals surface area contributed by atoms with Crippen LogP contribution in [0.2, 0.25) is 0 Å². The van der Waals surface area contributed by atoms with Crippen molar-refractivity contribution in [3.8, 4) is 0 Å². The lowest BCUT2D eigenvalue weighted by Gasteiger charge is -2.07.